The third-order valence-electron chi connectivity index (χ3n) is 3.67. The van der Waals surface area contributed by atoms with Crippen molar-refractivity contribution >= 4 is 15.9 Å². The van der Waals surface area contributed by atoms with Crippen molar-refractivity contribution in [3.05, 3.63) is 63.1 Å². The van der Waals surface area contributed by atoms with Gasteiger partial charge in [-0.2, -0.15) is 26.3 Å². The van der Waals surface area contributed by atoms with Gasteiger partial charge in [0.1, 0.15) is 12.4 Å². The maximum absolute atomic E-state index is 12.9. The van der Waals surface area contributed by atoms with Crippen LogP contribution in [0.5, 0.6) is 5.75 Å². The summed E-state index contributed by atoms with van der Waals surface area (Å²) in [6, 6.07) is 6.24. The van der Waals surface area contributed by atoms with E-state index in [2.05, 4.69) is 21.2 Å². The van der Waals surface area contributed by atoms with Crippen molar-refractivity contribution in [3.8, 4) is 5.75 Å². The maximum atomic E-state index is 12.9. The molecule has 0 atom stereocenters. The maximum Gasteiger partial charge on any atom is 0.416 e. The fraction of sp³-hybridized carbons (Fsp3) is 0.333. The summed E-state index contributed by atoms with van der Waals surface area (Å²) in [7, 11) is 0. The molecule has 0 bridgehead atoms. The van der Waals surface area contributed by atoms with Crippen molar-refractivity contribution < 1.29 is 36.2 Å². The monoisotopic (exact) mass is 471 g/mol. The van der Waals surface area contributed by atoms with Gasteiger partial charge in [-0.25, -0.2) is 0 Å². The van der Waals surface area contributed by atoms with E-state index in [1.807, 2.05) is 0 Å². The minimum Gasteiger partial charge on any atom is -0.489 e. The number of aliphatic hydroxyl groups excluding tert-OH is 1. The number of benzene rings is 2. The zero-order valence-electron chi connectivity index (χ0n) is 14.3. The zero-order chi connectivity index (χ0) is 20.9. The molecule has 28 heavy (non-hydrogen) atoms. The van der Waals surface area contributed by atoms with E-state index in [0.717, 1.165) is 4.47 Å². The van der Waals surface area contributed by atoms with Crippen molar-refractivity contribution in [3.63, 3.8) is 0 Å². The van der Waals surface area contributed by atoms with Gasteiger partial charge in [0.2, 0.25) is 0 Å². The van der Waals surface area contributed by atoms with Crippen LogP contribution in [0.3, 0.4) is 0 Å². The summed E-state index contributed by atoms with van der Waals surface area (Å²) in [5.41, 5.74) is -2.40. The molecule has 0 aliphatic heterocycles. The van der Waals surface area contributed by atoms with Gasteiger partial charge in [0, 0.05) is 23.1 Å². The number of halogens is 7. The van der Waals surface area contributed by atoms with Crippen LogP contribution in [-0.4, -0.2) is 18.3 Å². The minimum absolute atomic E-state index is 0.0768. The molecule has 0 fully saturated rings. The molecule has 0 aliphatic rings. The summed E-state index contributed by atoms with van der Waals surface area (Å²) in [6.07, 6.45) is -9.82. The summed E-state index contributed by atoms with van der Waals surface area (Å²) in [4.78, 5) is 0. The third kappa shape index (κ3) is 6.39. The topological polar surface area (TPSA) is 41.5 Å². The molecular formula is C18H16BrF6NO2. The molecule has 0 saturated heterocycles. The van der Waals surface area contributed by atoms with Crippen molar-refractivity contribution in [2.75, 3.05) is 13.2 Å². The molecule has 2 rings (SSSR count). The molecule has 0 unspecified atom stereocenters. The van der Waals surface area contributed by atoms with Crippen LogP contribution in [-0.2, 0) is 25.5 Å². The molecule has 2 aromatic carbocycles. The summed E-state index contributed by atoms with van der Waals surface area (Å²) in [5, 5.41) is 11.7. The van der Waals surface area contributed by atoms with Crippen LogP contribution < -0.4 is 10.1 Å². The Labute approximate surface area is 165 Å². The molecule has 0 saturated carbocycles. The number of aliphatic hydroxyl groups is 1. The SMILES string of the molecule is OCCNCc1cc(Br)ccc1OCc1cc(C(F)(F)F)cc(C(F)(F)F)c1. The largest absolute Gasteiger partial charge is 0.489 e. The average molecular weight is 472 g/mol. The number of ether oxygens (including phenoxy) is 1. The van der Waals surface area contributed by atoms with Gasteiger partial charge in [-0.3, -0.25) is 0 Å². The summed E-state index contributed by atoms with van der Waals surface area (Å²) >= 11 is 3.28. The first-order chi connectivity index (χ1) is 13.0. The van der Waals surface area contributed by atoms with E-state index < -0.39 is 30.1 Å². The lowest BCUT2D eigenvalue weighted by Gasteiger charge is -2.16. The molecule has 0 amide bonds. The van der Waals surface area contributed by atoms with Gasteiger partial charge >= 0.3 is 12.4 Å². The van der Waals surface area contributed by atoms with Gasteiger partial charge in [0.05, 0.1) is 17.7 Å². The molecule has 2 N–H and O–H groups in total. The van der Waals surface area contributed by atoms with E-state index in [4.69, 9.17) is 9.84 Å². The summed E-state index contributed by atoms with van der Waals surface area (Å²) in [6.45, 7) is 0.0521. The van der Waals surface area contributed by atoms with E-state index in [1.54, 1.807) is 18.2 Å². The molecule has 10 heteroatoms. The van der Waals surface area contributed by atoms with Crippen molar-refractivity contribution in [2.45, 2.75) is 25.5 Å². The highest BCUT2D eigenvalue weighted by Gasteiger charge is 2.36. The third-order valence-corrected chi connectivity index (χ3v) is 4.16. The Bertz CT molecular complexity index is 775. The highest BCUT2D eigenvalue weighted by Crippen LogP contribution is 2.36. The van der Waals surface area contributed by atoms with Crippen LogP contribution in [0.2, 0.25) is 0 Å². The number of hydrogen-bond donors (Lipinski definition) is 2. The molecule has 2 aromatic rings. The Hall–Kier alpha value is -1.78. The predicted octanol–water partition coefficient (Wildman–Crippen LogP) is 5.15. The second-order valence-corrected chi connectivity index (χ2v) is 6.77. The molecule has 0 aliphatic carbocycles. The van der Waals surface area contributed by atoms with Crippen molar-refractivity contribution in [1.29, 1.82) is 0 Å². The van der Waals surface area contributed by atoms with Crippen LogP contribution in [0.15, 0.2) is 40.9 Å². The Morgan fingerprint density at radius 3 is 2.07 bits per heavy atom. The first kappa shape index (κ1) is 22.5. The first-order valence-corrected chi connectivity index (χ1v) is 8.81. The fourth-order valence-corrected chi connectivity index (χ4v) is 2.80. The minimum atomic E-state index is -4.91. The van der Waals surface area contributed by atoms with Crippen LogP contribution in [0.25, 0.3) is 0 Å². The van der Waals surface area contributed by atoms with Gasteiger partial charge in [0.15, 0.2) is 0 Å². The van der Waals surface area contributed by atoms with E-state index in [1.165, 1.54) is 0 Å². The zero-order valence-corrected chi connectivity index (χ0v) is 15.9. The Kier molecular flexibility index (Phi) is 7.35. The molecule has 0 aromatic heterocycles. The van der Waals surface area contributed by atoms with Gasteiger partial charge < -0.3 is 15.2 Å². The number of hydrogen-bond acceptors (Lipinski definition) is 3. The lowest BCUT2D eigenvalue weighted by atomic mass is 10.1. The summed E-state index contributed by atoms with van der Waals surface area (Å²) < 4.78 is 83.8. The van der Waals surface area contributed by atoms with Crippen LogP contribution in [0.4, 0.5) is 26.3 Å². The normalized spacial score (nSPS) is 12.3. The van der Waals surface area contributed by atoms with E-state index in [9.17, 15) is 26.3 Å². The second-order valence-electron chi connectivity index (χ2n) is 5.86. The van der Waals surface area contributed by atoms with Crippen LogP contribution in [0, 0.1) is 0 Å². The quantitative estimate of drug-likeness (QED) is 0.433. The van der Waals surface area contributed by atoms with Gasteiger partial charge in [-0.1, -0.05) is 15.9 Å². The Morgan fingerprint density at radius 2 is 1.54 bits per heavy atom. The fourth-order valence-electron chi connectivity index (χ4n) is 2.39. The highest BCUT2D eigenvalue weighted by molar-refractivity contribution is 9.10. The molecular weight excluding hydrogens is 456 g/mol. The van der Waals surface area contributed by atoms with E-state index >= 15 is 0 Å². The molecule has 0 radical (unpaired) electrons. The van der Waals surface area contributed by atoms with E-state index in [0.29, 0.717) is 36.5 Å². The summed E-state index contributed by atoms with van der Waals surface area (Å²) in [5.74, 6) is 0.305. The van der Waals surface area contributed by atoms with Gasteiger partial charge in [0.25, 0.3) is 0 Å². The van der Waals surface area contributed by atoms with E-state index in [-0.39, 0.29) is 18.2 Å². The smallest absolute Gasteiger partial charge is 0.416 e. The standard InChI is InChI=1S/C18H16BrF6NO2/c19-15-1-2-16(12(7-15)9-26-3-4-27)28-10-11-5-13(17(20,21)22)8-14(6-11)18(23,24)25/h1-2,5-8,26-27H,3-4,9-10H2. The molecule has 0 heterocycles. The molecule has 0 spiro atoms. The Balaban J connectivity index is 2.27. The number of alkyl halides is 6. The number of nitrogens with one attached hydrogen (secondary N) is 1. The molecule has 3 nitrogen and oxygen atoms in total. The first-order valence-electron chi connectivity index (χ1n) is 8.02. The van der Waals surface area contributed by atoms with Crippen LogP contribution in [0.1, 0.15) is 22.3 Å². The average Bonchev–Trinajstić information content (AvgIpc) is 2.59. The molecule has 154 valence electrons. The highest BCUT2D eigenvalue weighted by atomic mass is 79.9. The lowest BCUT2D eigenvalue weighted by molar-refractivity contribution is -0.143. The predicted molar refractivity (Wildman–Crippen MR) is 93.7 cm³/mol. The lowest BCUT2D eigenvalue weighted by Crippen LogP contribution is -2.18. The van der Waals surface area contributed by atoms with Gasteiger partial charge in [-0.15, -0.1) is 0 Å². The van der Waals surface area contributed by atoms with Crippen molar-refractivity contribution in [2.24, 2.45) is 0 Å². The van der Waals surface area contributed by atoms with Gasteiger partial charge in [-0.05, 0) is 42.0 Å². The number of rotatable bonds is 7. The Morgan fingerprint density at radius 1 is 0.929 bits per heavy atom. The van der Waals surface area contributed by atoms with Crippen LogP contribution >= 0.6 is 15.9 Å². The second kappa shape index (κ2) is 9.15. The van der Waals surface area contributed by atoms with Crippen molar-refractivity contribution in [1.82, 2.24) is 5.32 Å².